The molecular formula is C20H26N2O4S. The number of carbonyl (C=O) groups is 1. The predicted molar refractivity (Wildman–Crippen MR) is 106 cm³/mol. The molecule has 2 N–H and O–H groups in total. The van der Waals surface area contributed by atoms with Gasteiger partial charge in [0.2, 0.25) is 10.0 Å². The molecule has 6 nitrogen and oxygen atoms in total. The van der Waals surface area contributed by atoms with E-state index in [-0.39, 0.29) is 23.5 Å². The normalized spacial score (nSPS) is 12.6. The molecule has 2 aromatic rings. The molecule has 0 bridgehead atoms. The Kier molecular flexibility index (Phi) is 7.53. The summed E-state index contributed by atoms with van der Waals surface area (Å²) in [5.74, 6) is -0.289. The van der Waals surface area contributed by atoms with Crippen LogP contribution in [0.1, 0.15) is 36.2 Å². The van der Waals surface area contributed by atoms with Crippen LogP contribution in [-0.2, 0) is 21.2 Å². The van der Waals surface area contributed by atoms with E-state index in [0.29, 0.717) is 11.3 Å². The third kappa shape index (κ3) is 6.16. The van der Waals surface area contributed by atoms with Crippen LogP contribution < -0.4 is 10.0 Å². The first kappa shape index (κ1) is 21.1. The second-order valence-corrected chi connectivity index (χ2v) is 8.12. The molecular weight excluding hydrogens is 364 g/mol. The third-order valence-electron chi connectivity index (χ3n) is 3.95. The second kappa shape index (κ2) is 9.64. The van der Waals surface area contributed by atoms with E-state index in [4.69, 9.17) is 4.74 Å². The van der Waals surface area contributed by atoms with Crippen LogP contribution in [0.5, 0.6) is 0 Å². The lowest BCUT2D eigenvalue weighted by molar-refractivity contribution is 0.102. The summed E-state index contributed by atoms with van der Waals surface area (Å²) in [7, 11) is -2.15. The van der Waals surface area contributed by atoms with E-state index in [1.54, 1.807) is 6.92 Å². The highest BCUT2D eigenvalue weighted by Crippen LogP contribution is 2.15. The molecule has 0 radical (unpaired) electrons. The van der Waals surface area contributed by atoms with E-state index >= 15 is 0 Å². The summed E-state index contributed by atoms with van der Waals surface area (Å²) in [6.07, 6.45) is 2.07. The van der Waals surface area contributed by atoms with Gasteiger partial charge in [-0.3, -0.25) is 4.79 Å². The third-order valence-corrected chi connectivity index (χ3v) is 5.56. The molecule has 0 aliphatic rings. The summed E-state index contributed by atoms with van der Waals surface area (Å²) >= 11 is 0. The minimum absolute atomic E-state index is 0.103. The van der Waals surface area contributed by atoms with Crippen molar-refractivity contribution in [2.75, 3.05) is 19.0 Å². The van der Waals surface area contributed by atoms with E-state index in [1.165, 1.54) is 36.9 Å². The molecule has 0 aromatic heterocycles. The molecule has 0 aliphatic carbocycles. The maximum atomic E-state index is 12.4. The van der Waals surface area contributed by atoms with Crippen molar-refractivity contribution in [1.29, 1.82) is 0 Å². The van der Waals surface area contributed by atoms with Crippen molar-refractivity contribution in [3.8, 4) is 0 Å². The van der Waals surface area contributed by atoms with Crippen molar-refractivity contribution < 1.29 is 17.9 Å². The Labute approximate surface area is 161 Å². The van der Waals surface area contributed by atoms with Gasteiger partial charge in [-0.1, -0.05) is 25.5 Å². The number of anilines is 1. The number of amides is 1. The van der Waals surface area contributed by atoms with Crippen LogP contribution in [0.4, 0.5) is 5.69 Å². The largest absolute Gasteiger partial charge is 0.383 e. The minimum Gasteiger partial charge on any atom is -0.383 e. The number of benzene rings is 2. The Balaban J connectivity index is 2.04. The molecule has 2 rings (SSSR count). The summed E-state index contributed by atoms with van der Waals surface area (Å²) in [6, 6.07) is 13.2. The molecule has 146 valence electrons. The number of ether oxygens (including phenoxy) is 1. The van der Waals surface area contributed by atoms with Crippen LogP contribution in [0.25, 0.3) is 0 Å². The Morgan fingerprint density at radius 3 is 2.26 bits per heavy atom. The summed E-state index contributed by atoms with van der Waals surface area (Å²) in [4.78, 5) is 12.5. The highest BCUT2D eigenvalue weighted by atomic mass is 32.2. The Hall–Kier alpha value is -2.22. The molecule has 0 saturated carbocycles. The van der Waals surface area contributed by atoms with Crippen LogP contribution in [0.15, 0.2) is 53.4 Å². The average molecular weight is 391 g/mol. The van der Waals surface area contributed by atoms with Gasteiger partial charge in [0.1, 0.15) is 0 Å². The lowest BCUT2D eigenvalue weighted by atomic mass is 10.1. The molecule has 1 amide bonds. The van der Waals surface area contributed by atoms with Crippen molar-refractivity contribution in [2.45, 2.75) is 37.6 Å². The number of aryl methyl sites for hydroxylation is 1. The van der Waals surface area contributed by atoms with Gasteiger partial charge in [-0.2, -0.15) is 0 Å². The minimum atomic E-state index is -3.66. The molecule has 0 aliphatic heterocycles. The van der Waals surface area contributed by atoms with Gasteiger partial charge in [0.15, 0.2) is 0 Å². The zero-order valence-electron chi connectivity index (χ0n) is 15.9. The highest BCUT2D eigenvalue weighted by Gasteiger charge is 2.18. The van der Waals surface area contributed by atoms with Gasteiger partial charge in [0.05, 0.1) is 11.5 Å². The fourth-order valence-electron chi connectivity index (χ4n) is 2.65. The van der Waals surface area contributed by atoms with Crippen LogP contribution in [0.2, 0.25) is 0 Å². The number of rotatable bonds is 9. The highest BCUT2D eigenvalue weighted by molar-refractivity contribution is 7.89. The van der Waals surface area contributed by atoms with Gasteiger partial charge in [-0.25, -0.2) is 13.1 Å². The van der Waals surface area contributed by atoms with E-state index in [9.17, 15) is 13.2 Å². The quantitative estimate of drug-likeness (QED) is 0.689. The standard InChI is InChI=1S/C20H26N2O4S/c1-4-5-16-6-10-18(11-7-16)21-20(23)17-8-12-19(13-9-17)27(24,25)22-15(2)14-26-3/h6-13,15,22H,4-5,14H2,1-3H3,(H,21,23)/t15-/m1/s1. The van der Waals surface area contributed by atoms with Gasteiger partial charge in [0, 0.05) is 24.4 Å². The lowest BCUT2D eigenvalue weighted by Gasteiger charge is -2.13. The second-order valence-electron chi connectivity index (χ2n) is 6.40. The monoisotopic (exact) mass is 390 g/mol. The molecule has 27 heavy (non-hydrogen) atoms. The SMILES string of the molecule is CCCc1ccc(NC(=O)c2ccc(S(=O)(=O)N[C@H](C)COC)cc2)cc1. The predicted octanol–water partition coefficient (Wildman–Crippen LogP) is 3.20. The molecule has 0 fully saturated rings. The smallest absolute Gasteiger partial charge is 0.255 e. The van der Waals surface area contributed by atoms with E-state index < -0.39 is 10.0 Å². The number of carbonyl (C=O) groups excluding carboxylic acids is 1. The summed E-state index contributed by atoms with van der Waals surface area (Å²) in [5.41, 5.74) is 2.31. The molecule has 0 heterocycles. The molecule has 2 aromatic carbocycles. The van der Waals surface area contributed by atoms with Crippen molar-refractivity contribution in [1.82, 2.24) is 4.72 Å². The summed E-state index contributed by atoms with van der Waals surface area (Å²) in [6.45, 7) is 4.11. The Bertz CT molecular complexity index is 847. The van der Waals surface area contributed by atoms with E-state index in [0.717, 1.165) is 12.8 Å². The summed E-state index contributed by atoms with van der Waals surface area (Å²) in [5, 5.41) is 2.81. The van der Waals surface area contributed by atoms with Crippen LogP contribution in [0, 0.1) is 0 Å². The molecule has 7 heteroatoms. The van der Waals surface area contributed by atoms with Gasteiger partial charge < -0.3 is 10.1 Å². The van der Waals surface area contributed by atoms with Crippen molar-refractivity contribution in [3.05, 3.63) is 59.7 Å². The number of sulfonamides is 1. The topological polar surface area (TPSA) is 84.5 Å². The maximum absolute atomic E-state index is 12.4. The maximum Gasteiger partial charge on any atom is 0.255 e. The van der Waals surface area contributed by atoms with Crippen molar-refractivity contribution in [2.24, 2.45) is 0 Å². The van der Waals surface area contributed by atoms with E-state index in [1.807, 2.05) is 24.3 Å². The fourth-order valence-corrected chi connectivity index (χ4v) is 3.88. The average Bonchev–Trinajstić information content (AvgIpc) is 2.63. The molecule has 0 spiro atoms. The van der Waals surface area contributed by atoms with Gasteiger partial charge in [0.25, 0.3) is 5.91 Å². The van der Waals surface area contributed by atoms with Crippen LogP contribution >= 0.6 is 0 Å². The first-order valence-electron chi connectivity index (χ1n) is 8.87. The zero-order chi connectivity index (χ0) is 19.9. The van der Waals surface area contributed by atoms with Gasteiger partial charge in [-0.15, -0.1) is 0 Å². The van der Waals surface area contributed by atoms with Crippen LogP contribution in [0.3, 0.4) is 0 Å². The summed E-state index contributed by atoms with van der Waals surface area (Å²) < 4.78 is 32.1. The molecule has 1 atom stereocenters. The zero-order valence-corrected chi connectivity index (χ0v) is 16.7. The lowest BCUT2D eigenvalue weighted by Crippen LogP contribution is -2.35. The van der Waals surface area contributed by atoms with Crippen molar-refractivity contribution >= 4 is 21.6 Å². The fraction of sp³-hybridized carbons (Fsp3) is 0.350. The first-order chi connectivity index (χ1) is 12.9. The number of hydrogen-bond donors (Lipinski definition) is 2. The first-order valence-corrected chi connectivity index (χ1v) is 10.4. The Morgan fingerprint density at radius 1 is 1.07 bits per heavy atom. The molecule has 0 unspecified atom stereocenters. The van der Waals surface area contributed by atoms with E-state index in [2.05, 4.69) is 17.0 Å². The van der Waals surface area contributed by atoms with Crippen LogP contribution in [-0.4, -0.2) is 34.1 Å². The number of methoxy groups -OCH3 is 1. The number of nitrogens with one attached hydrogen (secondary N) is 2. The number of hydrogen-bond acceptors (Lipinski definition) is 4. The Morgan fingerprint density at radius 2 is 1.70 bits per heavy atom. The van der Waals surface area contributed by atoms with Gasteiger partial charge in [-0.05, 0) is 55.3 Å². The molecule has 0 saturated heterocycles. The van der Waals surface area contributed by atoms with Crippen molar-refractivity contribution in [3.63, 3.8) is 0 Å². The van der Waals surface area contributed by atoms with Gasteiger partial charge >= 0.3 is 0 Å².